The van der Waals surface area contributed by atoms with E-state index in [0.29, 0.717) is 10.0 Å². The van der Waals surface area contributed by atoms with E-state index in [1.807, 2.05) is 0 Å². The van der Waals surface area contributed by atoms with Crippen LogP contribution in [-0.2, 0) is 0 Å². The molecule has 1 aromatic carbocycles. The first-order chi connectivity index (χ1) is 9.87. The van der Waals surface area contributed by atoms with Crippen LogP contribution in [0, 0.1) is 51.0 Å². The van der Waals surface area contributed by atoms with Crippen molar-refractivity contribution in [2.75, 3.05) is 5.32 Å². The van der Waals surface area contributed by atoms with Crippen LogP contribution in [-0.4, -0.2) is 4.92 Å². The predicted molar refractivity (Wildman–Crippen MR) is 80.7 cm³/mol. The first-order valence-corrected chi connectivity index (χ1v) is 6.80. The molecule has 0 fully saturated rings. The van der Waals surface area contributed by atoms with Gasteiger partial charge in [0.15, 0.2) is 5.57 Å². The highest BCUT2D eigenvalue weighted by atomic mass is 79.9. The van der Waals surface area contributed by atoms with E-state index in [9.17, 15) is 10.1 Å². The van der Waals surface area contributed by atoms with Gasteiger partial charge in [-0.3, -0.25) is 10.1 Å². The summed E-state index contributed by atoms with van der Waals surface area (Å²) in [6.07, 6.45) is 0. The van der Waals surface area contributed by atoms with Crippen molar-refractivity contribution in [3.05, 3.63) is 42.0 Å². The van der Waals surface area contributed by atoms with E-state index in [1.54, 1.807) is 25.1 Å². The Bertz CT molecular complexity index is 765. The summed E-state index contributed by atoms with van der Waals surface area (Å²) in [7, 11) is 0. The Morgan fingerprint density at radius 1 is 1.29 bits per heavy atom. The number of anilines is 1. The van der Waals surface area contributed by atoms with Gasteiger partial charge < -0.3 is 5.32 Å². The number of nitriles is 3. The highest BCUT2D eigenvalue weighted by Gasteiger charge is 2.23. The number of rotatable bonds is 3. The van der Waals surface area contributed by atoms with E-state index in [2.05, 4.69) is 37.2 Å². The highest BCUT2D eigenvalue weighted by Crippen LogP contribution is 2.41. The lowest BCUT2D eigenvalue weighted by atomic mass is 10.1. The topological polar surface area (TPSA) is 127 Å². The van der Waals surface area contributed by atoms with Crippen LogP contribution < -0.4 is 5.32 Å². The van der Waals surface area contributed by atoms with E-state index in [1.165, 1.54) is 6.07 Å². The van der Waals surface area contributed by atoms with Crippen molar-refractivity contribution >= 4 is 43.2 Å². The van der Waals surface area contributed by atoms with Gasteiger partial charge in [-0.25, -0.2) is 0 Å². The zero-order valence-corrected chi connectivity index (χ0v) is 13.6. The zero-order valence-electron chi connectivity index (χ0n) is 10.4. The summed E-state index contributed by atoms with van der Waals surface area (Å²) in [4.78, 5) is 10.5. The van der Waals surface area contributed by atoms with E-state index < -0.39 is 10.5 Å². The SMILES string of the molecule is Cc1cc(Br)c(NC(C#N)=C(C#N)C#N)c(Br)c1[N+](=O)[O-]. The molecule has 1 aromatic rings. The van der Waals surface area contributed by atoms with Crippen LogP contribution >= 0.6 is 31.9 Å². The van der Waals surface area contributed by atoms with Gasteiger partial charge in [0.1, 0.15) is 28.4 Å². The molecule has 0 saturated heterocycles. The Morgan fingerprint density at radius 3 is 2.29 bits per heavy atom. The van der Waals surface area contributed by atoms with Crippen molar-refractivity contribution in [1.82, 2.24) is 0 Å². The smallest absolute Gasteiger partial charge is 0.288 e. The second-order valence-corrected chi connectivity index (χ2v) is 5.33. The molecule has 0 atom stereocenters. The molecule has 0 aliphatic rings. The minimum atomic E-state index is -0.567. The van der Waals surface area contributed by atoms with Gasteiger partial charge in [0.05, 0.1) is 10.6 Å². The lowest BCUT2D eigenvalue weighted by molar-refractivity contribution is -0.386. The molecule has 104 valence electrons. The summed E-state index contributed by atoms with van der Waals surface area (Å²) in [6, 6.07) is 6.34. The first kappa shape index (κ1) is 16.6. The van der Waals surface area contributed by atoms with E-state index >= 15 is 0 Å². The van der Waals surface area contributed by atoms with E-state index in [-0.39, 0.29) is 21.5 Å². The van der Waals surface area contributed by atoms with Crippen LogP contribution in [0.5, 0.6) is 0 Å². The Labute approximate surface area is 136 Å². The molecule has 21 heavy (non-hydrogen) atoms. The van der Waals surface area contributed by atoms with Crippen molar-refractivity contribution in [2.45, 2.75) is 6.92 Å². The van der Waals surface area contributed by atoms with Crippen molar-refractivity contribution in [1.29, 1.82) is 15.8 Å². The molecular weight excluding hydrogens is 406 g/mol. The summed E-state index contributed by atoms with van der Waals surface area (Å²) < 4.78 is 0.558. The molecule has 1 N–H and O–H groups in total. The quantitative estimate of drug-likeness (QED) is 0.460. The van der Waals surface area contributed by atoms with Crippen LogP contribution in [0.3, 0.4) is 0 Å². The Hall–Kier alpha value is -2.41. The average Bonchev–Trinajstić information content (AvgIpc) is 2.41. The first-order valence-electron chi connectivity index (χ1n) is 5.21. The molecule has 1 rings (SSSR count). The summed E-state index contributed by atoms with van der Waals surface area (Å²) in [5.41, 5.74) is -0.285. The summed E-state index contributed by atoms with van der Waals surface area (Å²) >= 11 is 6.32. The molecule has 0 unspecified atom stereocenters. The third kappa shape index (κ3) is 3.38. The fraction of sp³-hybridized carbons (Fsp3) is 0.0833. The fourth-order valence-electron chi connectivity index (χ4n) is 1.47. The number of nitrogens with one attached hydrogen (secondary N) is 1. The lowest BCUT2D eigenvalue weighted by Gasteiger charge is -2.11. The van der Waals surface area contributed by atoms with Crippen LogP contribution in [0.2, 0.25) is 0 Å². The number of hydrogen-bond acceptors (Lipinski definition) is 6. The van der Waals surface area contributed by atoms with Crippen LogP contribution in [0.15, 0.2) is 26.3 Å². The van der Waals surface area contributed by atoms with E-state index in [4.69, 9.17) is 15.8 Å². The normalized spacial score (nSPS) is 8.95. The maximum atomic E-state index is 11.1. The van der Waals surface area contributed by atoms with Gasteiger partial charge in [-0.1, -0.05) is 0 Å². The van der Waals surface area contributed by atoms with Gasteiger partial charge in [0.2, 0.25) is 0 Å². The number of nitro benzene ring substituents is 1. The molecule has 0 bridgehead atoms. The lowest BCUT2D eigenvalue weighted by Crippen LogP contribution is -2.04. The largest absolute Gasteiger partial charge is 0.343 e. The number of benzene rings is 1. The molecule has 0 saturated carbocycles. The number of hydrogen-bond donors (Lipinski definition) is 1. The number of nitro groups is 1. The fourth-order valence-corrected chi connectivity index (χ4v) is 3.15. The molecule has 0 aliphatic heterocycles. The number of halogens is 2. The van der Waals surface area contributed by atoms with Gasteiger partial charge in [0.25, 0.3) is 5.69 Å². The second-order valence-electron chi connectivity index (χ2n) is 3.68. The second kappa shape index (κ2) is 6.85. The summed E-state index contributed by atoms with van der Waals surface area (Å²) in [5, 5.41) is 40.2. The standard InChI is InChI=1S/C12H5Br2N5O2/c1-6-2-8(13)11(10(14)12(6)19(20)21)18-9(5-17)7(3-15)4-16/h2,18H,1H3. The summed E-state index contributed by atoms with van der Waals surface area (Å²) in [5.74, 6) is 0. The molecule has 0 amide bonds. The van der Waals surface area contributed by atoms with Crippen molar-refractivity contribution < 1.29 is 4.92 Å². The minimum Gasteiger partial charge on any atom is -0.343 e. The zero-order chi connectivity index (χ0) is 16.2. The molecule has 7 nitrogen and oxygen atoms in total. The minimum absolute atomic E-state index is 0.113. The van der Waals surface area contributed by atoms with Gasteiger partial charge in [0, 0.05) is 10.0 Å². The van der Waals surface area contributed by atoms with Gasteiger partial charge in [-0.15, -0.1) is 0 Å². The van der Waals surface area contributed by atoms with Crippen LogP contribution in [0.25, 0.3) is 0 Å². The monoisotopic (exact) mass is 409 g/mol. The summed E-state index contributed by atoms with van der Waals surface area (Å²) in [6.45, 7) is 1.56. The molecule has 0 aromatic heterocycles. The number of nitrogens with zero attached hydrogens (tertiary/aromatic N) is 4. The number of aryl methyl sites for hydroxylation is 1. The molecule has 0 heterocycles. The maximum absolute atomic E-state index is 11.1. The molecule has 0 radical (unpaired) electrons. The molecule has 9 heteroatoms. The van der Waals surface area contributed by atoms with Crippen molar-refractivity contribution in [2.24, 2.45) is 0 Å². The predicted octanol–water partition coefficient (Wildman–Crippen LogP) is 3.66. The Balaban J connectivity index is 3.55. The average molecular weight is 411 g/mol. The van der Waals surface area contributed by atoms with Gasteiger partial charge in [-0.2, -0.15) is 15.8 Å². The third-order valence-corrected chi connectivity index (χ3v) is 3.80. The maximum Gasteiger partial charge on any atom is 0.288 e. The number of allylic oxidation sites excluding steroid dienone is 2. The van der Waals surface area contributed by atoms with Crippen molar-refractivity contribution in [3.8, 4) is 18.2 Å². The Morgan fingerprint density at radius 2 is 1.86 bits per heavy atom. The van der Waals surface area contributed by atoms with Crippen LogP contribution in [0.1, 0.15) is 5.56 Å². The van der Waals surface area contributed by atoms with Gasteiger partial charge in [-0.05, 0) is 44.8 Å². The molecule has 0 aliphatic carbocycles. The highest BCUT2D eigenvalue weighted by molar-refractivity contribution is 9.11. The van der Waals surface area contributed by atoms with Crippen LogP contribution in [0.4, 0.5) is 11.4 Å². The van der Waals surface area contributed by atoms with Gasteiger partial charge >= 0.3 is 0 Å². The molecule has 0 spiro atoms. The molecular formula is C12H5Br2N5O2. The Kier molecular flexibility index (Phi) is 5.43. The third-order valence-electron chi connectivity index (χ3n) is 2.40. The van der Waals surface area contributed by atoms with E-state index in [0.717, 1.165) is 0 Å². The van der Waals surface area contributed by atoms with Crippen molar-refractivity contribution in [3.63, 3.8) is 0 Å².